The van der Waals surface area contributed by atoms with Gasteiger partial charge in [0.2, 0.25) is 0 Å². The van der Waals surface area contributed by atoms with E-state index in [1.54, 1.807) is 0 Å². The van der Waals surface area contributed by atoms with Gasteiger partial charge < -0.3 is 5.73 Å². The lowest BCUT2D eigenvalue weighted by Gasteiger charge is -2.27. The van der Waals surface area contributed by atoms with E-state index in [4.69, 9.17) is 11.0 Å². The second kappa shape index (κ2) is 5.51. The lowest BCUT2D eigenvalue weighted by molar-refractivity contribution is 0.215. The summed E-state index contributed by atoms with van der Waals surface area (Å²) >= 11 is 0. The van der Waals surface area contributed by atoms with Gasteiger partial charge in [-0.2, -0.15) is 5.26 Å². The summed E-state index contributed by atoms with van der Waals surface area (Å²) in [6, 6.07) is 8.59. The average Bonchev–Trinajstić information content (AvgIpc) is 3.17. The van der Waals surface area contributed by atoms with Crippen molar-refractivity contribution in [3.63, 3.8) is 0 Å². The van der Waals surface area contributed by atoms with E-state index in [0.717, 1.165) is 24.6 Å². The van der Waals surface area contributed by atoms with Gasteiger partial charge in [-0.1, -0.05) is 6.07 Å². The van der Waals surface area contributed by atoms with Gasteiger partial charge in [-0.25, -0.2) is 0 Å². The van der Waals surface area contributed by atoms with Crippen LogP contribution in [0.4, 0.5) is 0 Å². The first kappa shape index (κ1) is 13.1. The Kier molecular flexibility index (Phi) is 4.00. The monoisotopic (exact) mass is 243 g/mol. The maximum atomic E-state index is 8.87. The van der Waals surface area contributed by atoms with Crippen LogP contribution < -0.4 is 5.73 Å². The molecule has 2 rings (SSSR count). The minimum absolute atomic E-state index is 0.500. The molecule has 0 saturated heterocycles. The molecule has 0 aromatic heterocycles. The van der Waals surface area contributed by atoms with Gasteiger partial charge in [0, 0.05) is 19.1 Å². The Balaban J connectivity index is 2.06. The first-order valence-corrected chi connectivity index (χ1v) is 6.55. The van der Waals surface area contributed by atoms with Crippen LogP contribution in [0.5, 0.6) is 0 Å². The van der Waals surface area contributed by atoms with Crippen molar-refractivity contribution in [3.05, 3.63) is 34.9 Å². The molecule has 0 heterocycles. The Morgan fingerprint density at radius 1 is 1.50 bits per heavy atom. The highest BCUT2D eigenvalue weighted by Gasteiger charge is 2.32. The Morgan fingerprint density at radius 3 is 2.72 bits per heavy atom. The number of rotatable bonds is 5. The Bertz CT molecular complexity index is 457. The van der Waals surface area contributed by atoms with E-state index < -0.39 is 0 Å². The predicted octanol–water partition coefficient (Wildman–Crippen LogP) is 2.04. The molecule has 1 atom stereocenters. The molecule has 0 bridgehead atoms. The SMILES string of the molecule is Cc1cc(C#N)ccc1CN(C)C(CN)C1CC1. The predicted molar refractivity (Wildman–Crippen MR) is 72.9 cm³/mol. The molecule has 3 heteroatoms. The molecule has 0 aliphatic heterocycles. The molecule has 1 saturated carbocycles. The first-order chi connectivity index (χ1) is 8.65. The first-order valence-electron chi connectivity index (χ1n) is 6.55. The van der Waals surface area contributed by atoms with E-state index in [-0.39, 0.29) is 0 Å². The molecule has 1 aliphatic carbocycles. The largest absolute Gasteiger partial charge is 0.329 e. The van der Waals surface area contributed by atoms with Crippen LogP contribution in [0, 0.1) is 24.2 Å². The molecular formula is C15H21N3. The quantitative estimate of drug-likeness (QED) is 0.861. The van der Waals surface area contributed by atoms with Crippen LogP contribution in [0.3, 0.4) is 0 Å². The van der Waals surface area contributed by atoms with Crippen molar-refractivity contribution in [2.75, 3.05) is 13.6 Å². The minimum atomic E-state index is 0.500. The van der Waals surface area contributed by atoms with Gasteiger partial charge in [0.15, 0.2) is 0 Å². The second-order valence-electron chi connectivity index (χ2n) is 5.31. The standard InChI is InChI=1S/C15H21N3/c1-11-7-12(8-16)3-4-14(11)10-18(2)15(9-17)13-5-6-13/h3-4,7,13,15H,5-6,9-10,17H2,1-2H3. The second-order valence-corrected chi connectivity index (χ2v) is 5.31. The molecule has 0 radical (unpaired) electrons. The number of nitrogens with two attached hydrogens (primary N) is 1. The van der Waals surface area contributed by atoms with Crippen molar-refractivity contribution in [1.82, 2.24) is 4.90 Å². The van der Waals surface area contributed by atoms with Crippen LogP contribution in [-0.2, 0) is 6.54 Å². The molecule has 18 heavy (non-hydrogen) atoms. The van der Waals surface area contributed by atoms with Crippen molar-refractivity contribution in [3.8, 4) is 6.07 Å². The highest BCUT2D eigenvalue weighted by atomic mass is 15.1. The van der Waals surface area contributed by atoms with Gasteiger partial charge in [-0.3, -0.25) is 4.90 Å². The number of likely N-dealkylation sites (N-methyl/N-ethyl adjacent to an activating group) is 1. The van der Waals surface area contributed by atoms with E-state index in [0.29, 0.717) is 6.04 Å². The van der Waals surface area contributed by atoms with Crippen molar-refractivity contribution in [1.29, 1.82) is 5.26 Å². The lowest BCUT2D eigenvalue weighted by atomic mass is 10.0. The summed E-state index contributed by atoms with van der Waals surface area (Å²) in [7, 11) is 2.15. The van der Waals surface area contributed by atoms with Crippen molar-refractivity contribution < 1.29 is 0 Å². The number of benzene rings is 1. The molecule has 0 amide bonds. The van der Waals surface area contributed by atoms with Gasteiger partial charge >= 0.3 is 0 Å². The van der Waals surface area contributed by atoms with E-state index >= 15 is 0 Å². The minimum Gasteiger partial charge on any atom is -0.329 e. The molecule has 3 nitrogen and oxygen atoms in total. The zero-order chi connectivity index (χ0) is 13.1. The zero-order valence-corrected chi connectivity index (χ0v) is 11.2. The third kappa shape index (κ3) is 2.90. The van der Waals surface area contributed by atoms with E-state index in [2.05, 4.69) is 31.0 Å². The fraction of sp³-hybridized carbons (Fsp3) is 0.533. The molecule has 96 valence electrons. The topological polar surface area (TPSA) is 53.0 Å². The molecule has 0 spiro atoms. The van der Waals surface area contributed by atoms with Crippen LogP contribution in [0.15, 0.2) is 18.2 Å². The molecule has 1 aromatic rings. The number of nitrogens with zero attached hydrogens (tertiary/aromatic N) is 2. The third-order valence-corrected chi connectivity index (χ3v) is 3.87. The summed E-state index contributed by atoms with van der Waals surface area (Å²) in [4.78, 5) is 2.35. The van der Waals surface area contributed by atoms with Crippen LogP contribution in [0.25, 0.3) is 0 Å². The van der Waals surface area contributed by atoms with Crippen molar-refractivity contribution >= 4 is 0 Å². The molecule has 1 fully saturated rings. The fourth-order valence-corrected chi connectivity index (χ4v) is 2.54. The number of hydrogen-bond acceptors (Lipinski definition) is 3. The van der Waals surface area contributed by atoms with Crippen LogP contribution >= 0.6 is 0 Å². The highest BCUT2D eigenvalue weighted by Crippen LogP contribution is 2.35. The molecule has 1 aromatic carbocycles. The molecule has 1 unspecified atom stereocenters. The van der Waals surface area contributed by atoms with Gasteiger partial charge in [-0.15, -0.1) is 0 Å². The van der Waals surface area contributed by atoms with Gasteiger partial charge in [0.25, 0.3) is 0 Å². The summed E-state index contributed by atoms with van der Waals surface area (Å²) < 4.78 is 0. The highest BCUT2D eigenvalue weighted by molar-refractivity contribution is 5.37. The van der Waals surface area contributed by atoms with Crippen LogP contribution in [-0.4, -0.2) is 24.5 Å². The molecule has 1 aliphatic rings. The van der Waals surface area contributed by atoms with Crippen molar-refractivity contribution in [2.45, 2.75) is 32.4 Å². The Labute approximate surface area is 109 Å². The van der Waals surface area contributed by atoms with Gasteiger partial charge in [0.1, 0.15) is 0 Å². The number of hydrogen-bond donors (Lipinski definition) is 1. The van der Waals surface area contributed by atoms with Crippen LogP contribution in [0.1, 0.15) is 29.5 Å². The van der Waals surface area contributed by atoms with Crippen molar-refractivity contribution in [2.24, 2.45) is 11.7 Å². The maximum absolute atomic E-state index is 8.87. The summed E-state index contributed by atoms with van der Waals surface area (Å²) in [5.41, 5.74) is 9.08. The summed E-state index contributed by atoms with van der Waals surface area (Å²) in [5.74, 6) is 0.790. The zero-order valence-electron chi connectivity index (χ0n) is 11.2. The number of nitriles is 1. The van der Waals surface area contributed by atoms with E-state index in [1.165, 1.54) is 24.0 Å². The van der Waals surface area contributed by atoms with Gasteiger partial charge in [-0.05, 0) is 56.0 Å². The molecule has 2 N–H and O–H groups in total. The van der Waals surface area contributed by atoms with Gasteiger partial charge in [0.05, 0.1) is 11.6 Å². The summed E-state index contributed by atoms with van der Waals surface area (Å²) in [6.07, 6.45) is 2.64. The maximum Gasteiger partial charge on any atom is 0.0991 e. The molecular weight excluding hydrogens is 222 g/mol. The van der Waals surface area contributed by atoms with Crippen LogP contribution in [0.2, 0.25) is 0 Å². The lowest BCUT2D eigenvalue weighted by Crippen LogP contribution is -2.39. The smallest absolute Gasteiger partial charge is 0.0991 e. The normalized spacial score (nSPS) is 16.6. The average molecular weight is 243 g/mol. The van der Waals surface area contributed by atoms with E-state index in [9.17, 15) is 0 Å². The summed E-state index contributed by atoms with van der Waals surface area (Å²) in [5, 5.41) is 8.87. The third-order valence-electron chi connectivity index (χ3n) is 3.87. The number of aryl methyl sites for hydroxylation is 1. The summed E-state index contributed by atoms with van der Waals surface area (Å²) in [6.45, 7) is 3.71. The van der Waals surface area contributed by atoms with E-state index in [1.807, 2.05) is 12.1 Å². The Morgan fingerprint density at radius 2 is 2.22 bits per heavy atom. The Hall–Kier alpha value is -1.37. The fourth-order valence-electron chi connectivity index (χ4n) is 2.54.